The van der Waals surface area contributed by atoms with Gasteiger partial charge in [0, 0.05) is 22.7 Å². The Balaban J connectivity index is 1.96. The highest BCUT2D eigenvalue weighted by molar-refractivity contribution is 7.13. The number of anilines is 1. The molecule has 1 aromatic heterocycles. The molecule has 0 aliphatic heterocycles. The molecule has 2 heteroatoms. The topological polar surface area (TPSA) is 12.0 Å². The van der Waals surface area contributed by atoms with E-state index in [9.17, 15) is 0 Å². The molecule has 1 heterocycles. The average Bonchev–Trinajstić information content (AvgIpc) is 2.93. The lowest BCUT2D eigenvalue weighted by molar-refractivity contribution is 0.685. The van der Waals surface area contributed by atoms with Crippen molar-refractivity contribution in [1.82, 2.24) is 0 Å². The highest BCUT2D eigenvalue weighted by Gasteiger charge is 2.04. The van der Waals surface area contributed by atoms with Crippen LogP contribution < -0.4 is 5.32 Å². The van der Waals surface area contributed by atoms with Crippen LogP contribution in [-0.4, -0.2) is 6.54 Å². The number of benzene rings is 1. The molecular formula is C16H21NS. The van der Waals surface area contributed by atoms with Crippen LogP contribution >= 0.6 is 11.3 Å². The number of hydrogen-bond acceptors (Lipinski definition) is 2. The van der Waals surface area contributed by atoms with Crippen molar-refractivity contribution in [2.75, 3.05) is 11.9 Å². The van der Waals surface area contributed by atoms with Gasteiger partial charge in [-0.15, -0.1) is 11.3 Å². The Kier molecular flexibility index (Phi) is 5.28. The van der Waals surface area contributed by atoms with Gasteiger partial charge < -0.3 is 5.32 Å². The van der Waals surface area contributed by atoms with Gasteiger partial charge in [-0.25, -0.2) is 0 Å². The molecule has 0 amide bonds. The van der Waals surface area contributed by atoms with Gasteiger partial charge in [0.1, 0.15) is 0 Å². The summed E-state index contributed by atoms with van der Waals surface area (Å²) in [6.45, 7) is 3.32. The summed E-state index contributed by atoms with van der Waals surface area (Å²) in [5.41, 5.74) is 2.58. The van der Waals surface area contributed by atoms with Crippen molar-refractivity contribution in [2.24, 2.45) is 0 Å². The summed E-state index contributed by atoms with van der Waals surface area (Å²) < 4.78 is 0. The minimum Gasteiger partial charge on any atom is -0.385 e. The fourth-order valence-corrected chi connectivity index (χ4v) is 2.82. The smallest absolute Gasteiger partial charge is 0.0428 e. The molecule has 0 bridgehead atoms. The zero-order valence-electron chi connectivity index (χ0n) is 11.0. The Bertz CT molecular complexity index is 448. The molecule has 1 N–H and O–H groups in total. The molecule has 96 valence electrons. The molecule has 0 atom stereocenters. The van der Waals surface area contributed by atoms with Crippen molar-refractivity contribution < 1.29 is 0 Å². The number of unbranched alkanes of at least 4 members (excludes halogenated alkanes) is 3. The molecule has 0 saturated carbocycles. The first-order chi connectivity index (χ1) is 8.92. The molecule has 0 aliphatic carbocycles. The summed E-state index contributed by atoms with van der Waals surface area (Å²) in [4.78, 5) is 1.34. The number of hydrogen-bond donors (Lipinski definition) is 1. The van der Waals surface area contributed by atoms with Crippen molar-refractivity contribution in [3.8, 4) is 10.4 Å². The van der Waals surface area contributed by atoms with Crippen LogP contribution in [0.2, 0.25) is 0 Å². The number of thiophene rings is 1. The second-order valence-corrected chi connectivity index (χ2v) is 5.46. The van der Waals surface area contributed by atoms with E-state index in [4.69, 9.17) is 0 Å². The van der Waals surface area contributed by atoms with Gasteiger partial charge in [-0.3, -0.25) is 0 Å². The summed E-state index contributed by atoms with van der Waals surface area (Å²) in [7, 11) is 0. The zero-order valence-corrected chi connectivity index (χ0v) is 11.8. The van der Waals surface area contributed by atoms with Crippen molar-refractivity contribution in [2.45, 2.75) is 32.6 Å². The van der Waals surface area contributed by atoms with Crippen LogP contribution in [0.1, 0.15) is 32.6 Å². The first kappa shape index (κ1) is 13.2. The molecule has 18 heavy (non-hydrogen) atoms. The highest BCUT2D eigenvalue weighted by atomic mass is 32.1. The van der Waals surface area contributed by atoms with Crippen molar-refractivity contribution in [3.63, 3.8) is 0 Å². The molecule has 2 aromatic rings. The molecule has 0 aliphatic rings. The van der Waals surface area contributed by atoms with Gasteiger partial charge in [-0.05, 0) is 23.9 Å². The second-order valence-electron chi connectivity index (χ2n) is 4.51. The zero-order chi connectivity index (χ0) is 12.6. The van der Waals surface area contributed by atoms with Crippen molar-refractivity contribution >= 4 is 17.0 Å². The molecule has 0 fully saturated rings. The van der Waals surface area contributed by atoms with Crippen LogP contribution in [0.5, 0.6) is 0 Å². The van der Waals surface area contributed by atoms with E-state index in [-0.39, 0.29) is 0 Å². The maximum Gasteiger partial charge on any atom is 0.0428 e. The summed E-state index contributed by atoms with van der Waals surface area (Å²) in [6, 6.07) is 12.9. The van der Waals surface area contributed by atoms with Gasteiger partial charge in [0.2, 0.25) is 0 Å². The molecule has 0 spiro atoms. The van der Waals surface area contributed by atoms with Gasteiger partial charge in [0.15, 0.2) is 0 Å². The average molecular weight is 259 g/mol. The third-order valence-electron chi connectivity index (χ3n) is 3.06. The first-order valence-electron chi connectivity index (χ1n) is 6.78. The first-order valence-corrected chi connectivity index (χ1v) is 7.66. The normalized spacial score (nSPS) is 10.5. The summed E-state index contributed by atoms with van der Waals surface area (Å²) >= 11 is 1.80. The van der Waals surface area contributed by atoms with Crippen LogP contribution in [-0.2, 0) is 0 Å². The molecular weight excluding hydrogens is 238 g/mol. The van der Waals surface area contributed by atoms with Gasteiger partial charge in [0.05, 0.1) is 0 Å². The number of nitrogens with one attached hydrogen (secondary N) is 1. The van der Waals surface area contributed by atoms with E-state index in [1.807, 2.05) is 0 Å². The monoisotopic (exact) mass is 259 g/mol. The lowest BCUT2D eigenvalue weighted by atomic mass is 10.1. The quantitative estimate of drug-likeness (QED) is 0.656. The molecule has 2 rings (SSSR count). The van der Waals surface area contributed by atoms with E-state index in [0.29, 0.717) is 0 Å². The second kappa shape index (κ2) is 7.22. The largest absolute Gasteiger partial charge is 0.385 e. The Morgan fingerprint density at radius 2 is 1.89 bits per heavy atom. The third kappa shape index (κ3) is 3.61. The highest BCUT2D eigenvalue weighted by Crippen LogP contribution is 2.31. The van der Waals surface area contributed by atoms with Crippen molar-refractivity contribution in [3.05, 3.63) is 41.8 Å². The van der Waals surface area contributed by atoms with Crippen molar-refractivity contribution in [1.29, 1.82) is 0 Å². The van der Waals surface area contributed by atoms with Crippen LogP contribution in [0.25, 0.3) is 10.4 Å². The fraction of sp³-hybridized carbons (Fsp3) is 0.375. The van der Waals surface area contributed by atoms with E-state index in [1.165, 1.54) is 41.8 Å². The van der Waals surface area contributed by atoms with Gasteiger partial charge in [-0.2, -0.15) is 0 Å². The lowest BCUT2D eigenvalue weighted by Crippen LogP contribution is -2.02. The molecule has 0 radical (unpaired) electrons. The number of rotatable bonds is 7. The SMILES string of the molecule is CCCCCCNc1ccccc1-c1cccs1. The predicted octanol–water partition coefficient (Wildman–Crippen LogP) is 5.41. The van der Waals surface area contributed by atoms with Gasteiger partial charge in [-0.1, -0.05) is 50.5 Å². The van der Waals surface area contributed by atoms with E-state index in [0.717, 1.165) is 6.54 Å². The van der Waals surface area contributed by atoms with E-state index < -0.39 is 0 Å². The number of para-hydroxylation sites is 1. The molecule has 0 saturated heterocycles. The Hall–Kier alpha value is -1.28. The lowest BCUT2D eigenvalue weighted by Gasteiger charge is -2.10. The van der Waals surface area contributed by atoms with Gasteiger partial charge in [0.25, 0.3) is 0 Å². The molecule has 1 nitrogen and oxygen atoms in total. The summed E-state index contributed by atoms with van der Waals surface area (Å²) in [6.07, 6.45) is 5.22. The Morgan fingerprint density at radius 3 is 2.67 bits per heavy atom. The maximum atomic E-state index is 3.57. The minimum atomic E-state index is 1.07. The Morgan fingerprint density at radius 1 is 1.00 bits per heavy atom. The van der Waals surface area contributed by atoms with Crippen LogP contribution in [0.15, 0.2) is 41.8 Å². The molecule has 0 unspecified atom stereocenters. The summed E-state index contributed by atoms with van der Waals surface area (Å²) in [5, 5.41) is 5.70. The van der Waals surface area contributed by atoms with Gasteiger partial charge >= 0.3 is 0 Å². The van der Waals surface area contributed by atoms with E-state index >= 15 is 0 Å². The maximum absolute atomic E-state index is 3.57. The van der Waals surface area contributed by atoms with E-state index in [1.54, 1.807) is 11.3 Å². The van der Waals surface area contributed by atoms with Crippen LogP contribution in [0, 0.1) is 0 Å². The Labute approximate surface area is 114 Å². The summed E-state index contributed by atoms with van der Waals surface area (Å²) in [5.74, 6) is 0. The predicted molar refractivity (Wildman–Crippen MR) is 82.4 cm³/mol. The standard InChI is InChI=1S/C16H21NS/c1-2-3-4-7-12-17-15-10-6-5-9-14(15)16-11-8-13-18-16/h5-6,8-11,13,17H,2-4,7,12H2,1H3. The molecule has 1 aromatic carbocycles. The van der Waals surface area contributed by atoms with Crippen LogP contribution in [0.4, 0.5) is 5.69 Å². The fourth-order valence-electron chi connectivity index (χ4n) is 2.06. The third-order valence-corrected chi connectivity index (χ3v) is 3.96. The van der Waals surface area contributed by atoms with Crippen LogP contribution in [0.3, 0.4) is 0 Å². The van der Waals surface area contributed by atoms with E-state index in [2.05, 4.69) is 54.0 Å². The minimum absolute atomic E-state index is 1.07.